The molecule has 0 aromatic heterocycles. The number of carbonyl (C=O) groups is 1. The van der Waals surface area contributed by atoms with Gasteiger partial charge in [0.05, 0.1) is 0 Å². The number of phenols is 2. The quantitative estimate of drug-likeness (QED) is 0.442. The van der Waals surface area contributed by atoms with Crippen LogP contribution in [0.3, 0.4) is 0 Å². The minimum Gasteiger partial charge on any atom is -0.504 e. The minimum absolute atomic E-state index is 0.173. The Bertz CT molecular complexity index is 627. The van der Waals surface area contributed by atoms with Crippen LogP contribution < -0.4 is 16.0 Å². The number of phenolic OH excluding ortho intramolecular Hbond substituents is 2. The summed E-state index contributed by atoms with van der Waals surface area (Å²) in [6.07, 6.45) is 1.03. The van der Waals surface area contributed by atoms with Gasteiger partial charge in [-0.15, -0.1) is 0 Å². The van der Waals surface area contributed by atoms with Crippen LogP contribution in [0.1, 0.15) is 12.5 Å². The van der Waals surface area contributed by atoms with Crippen LogP contribution in [0.15, 0.2) is 35.0 Å². The number of aliphatic hydroxyl groups is 1. The highest BCUT2D eigenvalue weighted by molar-refractivity contribution is 5.97. The number of aliphatic hydroxyl groups excluding tert-OH is 1. The van der Waals surface area contributed by atoms with Crippen LogP contribution >= 0.6 is 0 Å². The Balaban J connectivity index is 1.77. The number of hydrogen-bond acceptors (Lipinski definition) is 6. The zero-order valence-electron chi connectivity index (χ0n) is 12.0. The van der Waals surface area contributed by atoms with E-state index in [9.17, 15) is 20.1 Å². The number of urea groups is 1. The summed E-state index contributed by atoms with van der Waals surface area (Å²) in [5, 5.41) is 35.9. The van der Waals surface area contributed by atoms with Gasteiger partial charge in [-0.2, -0.15) is 0 Å². The molecule has 8 heteroatoms. The third-order valence-corrected chi connectivity index (χ3v) is 2.95. The summed E-state index contributed by atoms with van der Waals surface area (Å²) in [6, 6.07) is 4.02. The zero-order valence-corrected chi connectivity index (χ0v) is 12.0. The molecular formula is C14H18N4O4. The van der Waals surface area contributed by atoms with Crippen molar-refractivity contribution in [3.8, 4) is 11.5 Å². The zero-order chi connectivity index (χ0) is 16.1. The molecule has 22 heavy (non-hydrogen) atoms. The molecule has 1 aromatic carbocycles. The molecule has 6 N–H and O–H groups in total. The number of guanidine groups is 1. The Hall–Kier alpha value is -2.74. The van der Waals surface area contributed by atoms with Crippen molar-refractivity contribution >= 4 is 12.0 Å². The van der Waals surface area contributed by atoms with Crippen LogP contribution in [-0.4, -0.2) is 40.1 Å². The number of nitrogens with one attached hydrogen (secondary N) is 3. The highest BCUT2D eigenvalue weighted by atomic mass is 16.3. The molecule has 1 aliphatic heterocycles. The number of benzene rings is 1. The van der Waals surface area contributed by atoms with Gasteiger partial charge in [-0.25, -0.2) is 9.79 Å². The Morgan fingerprint density at radius 2 is 2.14 bits per heavy atom. The van der Waals surface area contributed by atoms with Crippen molar-refractivity contribution in [1.82, 2.24) is 16.0 Å². The van der Waals surface area contributed by atoms with Crippen LogP contribution in [0.25, 0.3) is 0 Å². The summed E-state index contributed by atoms with van der Waals surface area (Å²) < 4.78 is 0. The second-order valence-corrected chi connectivity index (χ2v) is 4.82. The standard InChI is InChI=1S/C14H18N4O4/c1-8-6-12(21)17-13(16-8)18-14(22)15-5-4-9-2-3-10(19)11(20)7-9/h2-3,6-7,12,19-21H,4-5H2,1H3,(H3,15,16,17,18,22). The van der Waals surface area contributed by atoms with E-state index >= 15 is 0 Å². The average molecular weight is 306 g/mol. The van der Waals surface area contributed by atoms with Gasteiger partial charge >= 0.3 is 6.03 Å². The van der Waals surface area contributed by atoms with E-state index in [4.69, 9.17) is 0 Å². The molecule has 1 aliphatic rings. The molecule has 1 aromatic rings. The van der Waals surface area contributed by atoms with Crippen LogP contribution in [0.5, 0.6) is 11.5 Å². The second kappa shape index (κ2) is 6.81. The second-order valence-electron chi connectivity index (χ2n) is 4.82. The van der Waals surface area contributed by atoms with E-state index in [1.807, 2.05) is 0 Å². The summed E-state index contributed by atoms with van der Waals surface area (Å²) in [5.74, 6) is -0.205. The fourth-order valence-electron chi connectivity index (χ4n) is 1.91. The lowest BCUT2D eigenvalue weighted by Gasteiger charge is -2.17. The third-order valence-electron chi connectivity index (χ3n) is 2.95. The van der Waals surface area contributed by atoms with Crippen molar-refractivity contribution in [3.05, 3.63) is 35.5 Å². The van der Waals surface area contributed by atoms with Gasteiger partial charge in [0.1, 0.15) is 0 Å². The fraction of sp³-hybridized carbons (Fsp3) is 0.286. The molecule has 0 spiro atoms. The molecule has 0 bridgehead atoms. The molecule has 1 unspecified atom stereocenters. The van der Waals surface area contributed by atoms with E-state index in [0.717, 1.165) is 5.56 Å². The van der Waals surface area contributed by atoms with E-state index < -0.39 is 12.3 Å². The SMILES string of the molecule is CC1=CC(O)N=C(NC(=O)NCCc2ccc(O)c(O)c2)N1. The maximum absolute atomic E-state index is 11.7. The monoisotopic (exact) mass is 306 g/mol. The maximum Gasteiger partial charge on any atom is 0.321 e. The normalized spacial score (nSPS) is 17.1. The van der Waals surface area contributed by atoms with Crippen molar-refractivity contribution in [2.24, 2.45) is 4.99 Å². The van der Waals surface area contributed by atoms with Crippen LogP contribution in [0, 0.1) is 0 Å². The van der Waals surface area contributed by atoms with Crippen LogP contribution in [0.4, 0.5) is 4.79 Å². The molecule has 0 radical (unpaired) electrons. The molecule has 2 rings (SSSR count). The van der Waals surface area contributed by atoms with E-state index in [2.05, 4.69) is 20.9 Å². The van der Waals surface area contributed by atoms with E-state index in [-0.39, 0.29) is 17.5 Å². The summed E-state index contributed by atoms with van der Waals surface area (Å²) in [5.41, 5.74) is 1.47. The highest BCUT2D eigenvalue weighted by Crippen LogP contribution is 2.24. The summed E-state index contributed by atoms with van der Waals surface area (Å²) in [7, 11) is 0. The van der Waals surface area contributed by atoms with Gasteiger partial charge in [-0.3, -0.25) is 5.32 Å². The number of nitrogens with zero attached hydrogens (tertiary/aromatic N) is 1. The first-order chi connectivity index (χ1) is 10.4. The van der Waals surface area contributed by atoms with Gasteiger partial charge in [-0.1, -0.05) is 6.07 Å². The van der Waals surface area contributed by atoms with Crippen molar-refractivity contribution in [3.63, 3.8) is 0 Å². The Morgan fingerprint density at radius 1 is 1.36 bits per heavy atom. The van der Waals surface area contributed by atoms with Gasteiger partial charge in [0.2, 0.25) is 5.96 Å². The lowest BCUT2D eigenvalue weighted by Crippen LogP contribution is -2.47. The van der Waals surface area contributed by atoms with Gasteiger partial charge in [0.25, 0.3) is 0 Å². The first-order valence-corrected chi connectivity index (χ1v) is 6.71. The number of allylic oxidation sites excluding steroid dienone is 1. The van der Waals surface area contributed by atoms with E-state index in [0.29, 0.717) is 18.7 Å². The number of rotatable bonds is 3. The molecule has 8 nitrogen and oxygen atoms in total. The smallest absolute Gasteiger partial charge is 0.321 e. The van der Waals surface area contributed by atoms with Gasteiger partial charge < -0.3 is 26.0 Å². The number of aliphatic imine (C=N–C) groups is 1. The van der Waals surface area contributed by atoms with E-state index in [1.165, 1.54) is 18.2 Å². The van der Waals surface area contributed by atoms with Crippen molar-refractivity contribution in [2.45, 2.75) is 19.6 Å². The molecule has 0 aliphatic carbocycles. The Labute approximate surface area is 127 Å². The predicted octanol–water partition coefficient (Wildman–Crippen LogP) is 0.121. The molecule has 0 fully saturated rings. The van der Waals surface area contributed by atoms with Gasteiger partial charge in [-0.05, 0) is 37.1 Å². The van der Waals surface area contributed by atoms with Crippen molar-refractivity contribution in [2.75, 3.05) is 6.54 Å². The lowest BCUT2D eigenvalue weighted by molar-refractivity contribution is 0.228. The van der Waals surface area contributed by atoms with Crippen molar-refractivity contribution in [1.29, 1.82) is 0 Å². The van der Waals surface area contributed by atoms with Crippen LogP contribution in [-0.2, 0) is 6.42 Å². The maximum atomic E-state index is 11.7. The minimum atomic E-state index is -0.975. The summed E-state index contributed by atoms with van der Waals surface area (Å²) in [4.78, 5) is 15.5. The van der Waals surface area contributed by atoms with Gasteiger partial charge in [0, 0.05) is 12.2 Å². The number of amides is 2. The number of carbonyl (C=O) groups excluding carboxylic acids is 1. The average Bonchev–Trinajstić information content (AvgIpc) is 2.41. The number of aromatic hydroxyl groups is 2. The molecule has 0 saturated carbocycles. The third kappa shape index (κ3) is 4.38. The first kappa shape index (κ1) is 15.6. The fourth-order valence-corrected chi connectivity index (χ4v) is 1.91. The van der Waals surface area contributed by atoms with Crippen molar-refractivity contribution < 1.29 is 20.1 Å². The molecular weight excluding hydrogens is 288 g/mol. The topological polar surface area (TPSA) is 126 Å². The van der Waals surface area contributed by atoms with Gasteiger partial charge in [0.15, 0.2) is 17.7 Å². The lowest BCUT2D eigenvalue weighted by atomic mass is 10.1. The molecule has 1 heterocycles. The summed E-state index contributed by atoms with van der Waals surface area (Å²) >= 11 is 0. The van der Waals surface area contributed by atoms with Crippen LogP contribution in [0.2, 0.25) is 0 Å². The Morgan fingerprint density at radius 3 is 2.82 bits per heavy atom. The van der Waals surface area contributed by atoms with E-state index in [1.54, 1.807) is 13.0 Å². The molecule has 118 valence electrons. The first-order valence-electron chi connectivity index (χ1n) is 6.71. The molecule has 2 amide bonds. The number of hydrogen-bond donors (Lipinski definition) is 6. The molecule has 0 saturated heterocycles. The highest BCUT2D eigenvalue weighted by Gasteiger charge is 2.12. The predicted molar refractivity (Wildman–Crippen MR) is 80.3 cm³/mol. The largest absolute Gasteiger partial charge is 0.504 e. The molecule has 1 atom stereocenters. The Kier molecular flexibility index (Phi) is 4.84. The summed E-state index contributed by atoms with van der Waals surface area (Å²) in [6.45, 7) is 2.08.